The Hall–Kier alpha value is -2.12. The fraction of sp³-hybridized carbons (Fsp3) is 0.458. The van der Waals surface area contributed by atoms with Crippen molar-refractivity contribution in [3.05, 3.63) is 56.7 Å². The monoisotopic (exact) mass is 452 g/mol. The van der Waals surface area contributed by atoms with Crippen molar-refractivity contribution in [3.63, 3.8) is 0 Å². The molecule has 1 aliphatic rings. The fourth-order valence-corrected chi connectivity index (χ4v) is 6.95. The van der Waals surface area contributed by atoms with E-state index in [2.05, 4.69) is 40.6 Å². The number of hydrogen-bond donors (Lipinski definition) is 0. The van der Waals surface area contributed by atoms with E-state index < -0.39 is 0 Å². The second-order valence-electron chi connectivity index (χ2n) is 8.73. The summed E-state index contributed by atoms with van der Waals surface area (Å²) >= 11 is 3.54. The molecule has 162 valence electrons. The minimum atomic E-state index is 0.101. The van der Waals surface area contributed by atoms with Gasteiger partial charge in [-0.1, -0.05) is 55.9 Å². The second-order valence-corrected chi connectivity index (χ2v) is 10.9. The molecule has 3 aromatic heterocycles. The Bertz CT molecular complexity index is 1270. The van der Waals surface area contributed by atoms with Crippen molar-refractivity contribution in [3.8, 4) is 0 Å². The molecule has 1 aromatic carbocycles. The lowest BCUT2D eigenvalue weighted by Gasteiger charge is -2.12. The van der Waals surface area contributed by atoms with Gasteiger partial charge in [-0.25, -0.2) is 4.40 Å². The fourth-order valence-electron chi connectivity index (χ4n) is 4.34. The van der Waals surface area contributed by atoms with Gasteiger partial charge in [0.05, 0.1) is 5.39 Å². The Balaban J connectivity index is 1.65. The molecule has 4 aromatic rings. The zero-order valence-electron chi connectivity index (χ0n) is 18.1. The number of nitrogens with zero attached hydrogens (tertiary/aromatic N) is 4. The highest BCUT2D eigenvalue weighted by molar-refractivity contribution is 7.99. The summed E-state index contributed by atoms with van der Waals surface area (Å²) in [6.07, 6.45) is 6.40. The summed E-state index contributed by atoms with van der Waals surface area (Å²) in [5, 5.41) is 10.9. The van der Waals surface area contributed by atoms with E-state index in [1.165, 1.54) is 28.8 Å². The van der Waals surface area contributed by atoms with E-state index in [0.29, 0.717) is 18.2 Å². The van der Waals surface area contributed by atoms with Gasteiger partial charge in [0.1, 0.15) is 4.83 Å². The number of aryl methyl sites for hydroxylation is 4. The van der Waals surface area contributed by atoms with Crippen LogP contribution in [0.15, 0.2) is 40.3 Å². The van der Waals surface area contributed by atoms with E-state index in [4.69, 9.17) is 0 Å². The third kappa shape index (κ3) is 3.94. The number of rotatable bonds is 7. The minimum absolute atomic E-state index is 0.101. The molecule has 0 N–H and O–H groups in total. The highest BCUT2D eigenvalue weighted by Crippen LogP contribution is 2.36. The molecule has 0 saturated heterocycles. The largest absolute Gasteiger partial charge is 0.276 e. The molecular weight excluding hydrogens is 424 g/mol. The van der Waals surface area contributed by atoms with Crippen LogP contribution in [0.3, 0.4) is 0 Å². The highest BCUT2D eigenvalue weighted by Gasteiger charge is 2.24. The summed E-state index contributed by atoms with van der Waals surface area (Å²) < 4.78 is 4.02. The van der Waals surface area contributed by atoms with Crippen LogP contribution in [0.25, 0.3) is 16.0 Å². The Morgan fingerprint density at radius 3 is 2.74 bits per heavy atom. The smallest absolute Gasteiger partial charge is 0.263 e. The summed E-state index contributed by atoms with van der Waals surface area (Å²) in [5.41, 5.74) is 2.61. The molecule has 0 radical (unpaired) electrons. The molecule has 7 heteroatoms. The first-order valence-corrected chi connectivity index (χ1v) is 13.0. The Morgan fingerprint density at radius 2 is 1.94 bits per heavy atom. The lowest BCUT2D eigenvalue weighted by Crippen LogP contribution is -2.24. The van der Waals surface area contributed by atoms with E-state index >= 15 is 0 Å². The maximum absolute atomic E-state index is 13.7. The molecule has 0 amide bonds. The van der Waals surface area contributed by atoms with E-state index in [-0.39, 0.29) is 5.56 Å². The number of thiophene rings is 1. The van der Waals surface area contributed by atoms with Crippen molar-refractivity contribution < 1.29 is 0 Å². The van der Waals surface area contributed by atoms with E-state index in [0.717, 1.165) is 46.8 Å². The van der Waals surface area contributed by atoms with Gasteiger partial charge in [0.2, 0.25) is 5.78 Å². The average molecular weight is 453 g/mol. The first kappa shape index (κ1) is 20.8. The molecule has 31 heavy (non-hydrogen) atoms. The van der Waals surface area contributed by atoms with Gasteiger partial charge in [-0.2, -0.15) is 0 Å². The Labute approximate surface area is 190 Å². The average Bonchev–Trinajstić information content (AvgIpc) is 3.36. The molecule has 0 atom stereocenters. The van der Waals surface area contributed by atoms with Crippen molar-refractivity contribution in [2.75, 3.05) is 5.75 Å². The first-order valence-electron chi connectivity index (χ1n) is 11.2. The molecule has 0 aliphatic heterocycles. The molecule has 0 spiro atoms. The van der Waals surface area contributed by atoms with Crippen LogP contribution in [-0.4, -0.2) is 24.9 Å². The zero-order chi connectivity index (χ0) is 21.4. The minimum Gasteiger partial charge on any atom is -0.276 e. The summed E-state index contributed by atoms with van der Waals surface area (Å²) in [5.74, 6) is 2.35. The SMILES string of the molecule is CC(C)CCSc1nnc2n(CCc3ccccc3)c(=O)c3c4c(sc3n12)CCCC4. The van der Waals surface area contributed by atoms with Gasteiger partial charge >= 0.3 is 0 Å². The molecule has 0 bridgehead atoms. The van der Waals surface area contributed by atoms with Gasteiger partial charge in [0, 0.05) is 17.2 Å². The zero-order valence-corrected chi connectivity index (χ0v) is 19.8. The number of benzene rings is 1. The number of aromatic nitrogens is 4. The van der Waals surface area contributed by atoms with Gasteiger partial charge in [-0.05, 0) is 55.6 Å². The Kier molecular flexibility index (Phi) is 5.89. The van der Waals surface area contributed by atoms with Gasteiger partial charge < -0.3 is 0 Å². The van der Waals surface area contributed by atoms with Gasteiger partial charge in [-0.15, -0.1) is 21.5 Å². The number of fused-ring (bicyclic) bond motifs is 5. The number of thioether (sulfide) groups is 1. The Morgan fingerprint density at radius 1 is 1.13 bits per heavy atom. The number of hydrogen-bond acceptors (Lipinski definition) is 5. The molecular formula is C24H28N4OS2. The predicted molar refractivity (Wildman–Crippen MR) is 130 cm³/mol. The van der Waals surface area contributed by atoms with E-state index in [1.807, 2.05) is 22.8 Å². The van der Waals surface area contributed by atoms with Gasteiger partial charge in [0.25, 0.3) is 5.56 Å². The molecule has 0 fully saturated rings. The van der Waals surface area contributed by atoms with Crippen molar-refractivity contribution >= 4 is 39.1 Å². The van der Waals surface area contributed by atoms with E-state index in [1.54, 1.807) is 23.1 Å². The second kappa shape index (κ2) is 8.79. The molecule has 0 unspecified atom stereocenters. The maximum Gasteiger partial charge on any atom is 0.263 e. The molecule has 3 heterocycles. The lowest BCUT2D eigenvalue weighted by molar-refractivity contribution is 0.631. The lowest BCUT2D eigenvalue weighted by atomic mass is 9.97. The van der Waals surface area contributed by atoms with Crippen molar-refractivity contribution in [1.29, 1.82) is 0 Å². The third-order valence-corrected chi connectivity index (χ3v) is 8.31. The maximum atomic E-state index is 13.7. The molecule has 5 rings (SSSR count). The third-order valence-electron chi connectivity index (χ3n) is 6.07. The molecule has 5 nitrogen and oxygen atoms in total. The summed E-state index contributed by atoms with van der Waals surface area (Å²) in [4.78, 5) is 16.1. The summed E-state index contributed by atoms with van der Waals surface area (Å²) in [6, 6.07) is 10.4. The van der Waals surface area contributed by atoms with Gasteiger partial charge in [-0.3, -0.25) is 9.36 Å². The summed E-state index contributed by atoms with van der Waals surface area (Å²) in [7, 11) is 0. The normalized spacial score (nSPS) is 14.0. The van der Waals surface area contributed by atoms with Crippen molar-refractivity contribution in [2.45, 2.75) is 64.1 Å². The van der Waals surface area contributed by atoms with Crippen LogP contribution in [-0.2, 0) is 25.8 Å². The van der Waals surface area contributed by atoms with Crippen LogP contribution in [0.5, 0.6) is 0 Å². The van der Waals surface area contributed by atoms with Crippen molar-refractivity contribution in [2.24, 2.45) is 5.92 Å². The molecule has 1 aliphatic carbocycles. The molecule has 0 saturated carbocycles. The standard InChI is InChI=1S/C24H28N4OS2/c1-16(2)13-15-30-24-26-25-23-27(14-12-17-8-4-3-5-9-17)21(29)20-18-10-6-7-11-19(18)31-22(20)28(23)24/h3-5,8-9,16H,6-7,10-15H2,1-2H3. The topological polar surface area (TPSA) is 52.2 Å². The van der Waals surface area contributed by atoms with Crippen LogP contribution in [0.4, 0.5) is 0 Å². The van der Waals surface area contributed by atoms with Crippen LogP contribution < -0.4 is 5.56 Å². The first-order chi connectivity index (χ1) is 15.1. The quantitative estimate of drug-likeness (QED) is 0.354. The van der Waals surface area contributed by atoms with E-state index in [9.17, 15) is 4.79 Å². The predicted octanol–water partition coefficient (Wildman–Crippen LogP) is 5.37. The van der Waals surface area contributed by atoms with Crippen LogP contribution in [0.2, 0.25) is 0 Å². The highest BCUT2D eigenvalue weighted by atomic mass is 32.2. The van der Waals surface area contributed by atoms with Crippen LogP contribution in [0, 0.1) is 5.92 Å². The van der Waals surface area contributed by atoms with Crippen LogP contribution >= 0.6 is 23.1 Å². The summed E-state index contributed by atoms with van der Waals surface area (Å²) in [6.45, 7) is 5.10. The van der Waals surface area contributed by atoms with Crippen LogP contribution in [0.1, 0.15) is 49.1 Å². The van der Waals surface area contributed by atoms with Gasteiger partial charge in [0.15, 0.2) is 5.16 Å². The van der Waals surface area contributed by atoms with Crippen molar-refractivity contribution in [1.82, 2.24) is 19.2 Å².